The van der Waals surface area contributed by atoms with Crippen molar-refractivity contribution in [3.63, 3.8) is 0 Å². The molecular formula is C14H22F2N2O4. The first-order valence-corrected chi connectivity index (χ1v) is 7.32. The molecule has 0 saturated carbocycles. The van der Waals surface area contributed by atoms with Gasteiger partial charge < -0.3 is 19.6 Å². The van der Waals surface area contributed by atoms with Crippen molar-refractivity contribution in [2.24, 2.45) is 5.92 Å². The summed E-state index contributed by atoms with van der Waals surface area (Å²) in [6.07, 6.45) is -1.91. The highest BCUT2D eigenvalue weighted by atomic mass is 19.3. The molecule has 0 aliphatic carbocycles. The Balaban J connectivity index is 1.91. The van der Waals surface area contributed by atoms with E-state index in [0.29, 0.717) is 13.0 Å². The average molecular weight is 320 g/mol. The van der Waals surface area contributed by atoms with E-state index < -0.39 is 42.1 Å². The Morgan fingerprint density at radius 3 is 2.36 bits per heavy atom. The van der Waals surface area contributed by atoms with Gasteiger partial charge in [-0.2, -0.15) is 0 Å². The molecule has 0 aromatic rings. The van der Waals surface area contributed by atoms with Gasteiger partial charge in [-0.05, 0) is 27.2 Å². The fraction of sp³-hybridized carbons (Fsp3) is 0.857. The maximum atomic E-state index is 13.3. The van der Waals surface area contributed by atoms with Crippen molar-refractivity contribution < 1.29 is 28.2 Å². The second-order valence-corrected chi connectivity index (χ2v) is 6.91. The maximum Gasteiger partial charge on any atom is 0.410 e. The lowest BCUT2D eigenvalue weighted by atomic mass is 10.1. The lowest BCUT2D eigenvalue weighted by molar-refractivity contribution is -0.135. The summed E-state index contributed by atoms with van der Waals surface area (Å²) in [5.74, 6) is -4.23. The Morgan fingerprint density at radius 2 is 1.86 bits per heavy atom. The van der Waals surface area contributed by atoms with Gasteiger partial charge in [-0.1, -0.05) is 0 Å². The number of amides is 2. The molecule has 0 aromatic heterocycles. The summed E-state index contributed by atoms with van der Waals surface area (Å²) in [7, 11) is 0. The molecule has 126 valence electrons. The molecule has 2 atom stereocenters. The summed E-state index contributed by atoms with van der Waals surface area (Å²) in [4.78, 5) is 26.6. The van der Waals surface area contributed by atoms with Gasteiger partial charge in [0.2, 0.25) is 5.91 Å². The number of β-amino-alcohol motifs (C(OH)–C–C–N with tert-alkyl or cyclic N) is 1. The van der Waals surface area contributed by atoms with Crippen molar-refractivity contribution in [2.75, 3.05) is 26.2 Å². The van der Waals surface area contributed by atoms with Gasteiger partial charge in [-0.3, -0.25) is 4.79 Å². The normalized spacial score (nSPS) is 28.1. The molecule has 0 bridgehead atoms. The Hall–Kier alpha value is -1.44. The van der Waals surface area contributed by atoms with Crippen LogP contribution in [-0.4, -0.2) is 70.7 Å². The quantitative estimate of drug-likeness (QED) is 0.785. The monoisotopic (exact) mass is 320 g/mol. The highest BCUT2D eigenvalue weighted by Gasteiger charge is 2.50. The molecule has 0 aromatic carbocycles. The van der Waals surface area contributed by atoms with Gasteiger partial charge in [0, 0.05) is 13.1 Å². The van der Waals surface area contributed by atoms with Gasteiger partial charge in [-0.15, -0.1) is 0 Å². The van der Waals surface area contributed by atoms with Crippen LogP contribution in [-0.2, 0) is 9.53 Å². The van der Waals surface area contributed by atoms with Crippen molar-refractivity contribution in [3.05, 3.63) is 0 Å². The molecule has 2 saturated heterocycles. The van der Waals surface area contributed by atoms with E-state index in [0.717, 1.165) is 4.90 Å². The number of aliphatic hydroxyl groups excluding tert-OH is 1. The van der Waals surface area contributed by atoms with E-state index in [1.807, 2.05) is 0 Å². The van der Waals surface area contributed by atoms with Crippen LogP contribution in [0.25, 0.3) is 0 Å². The van der Waals surface area contributed by atoms with Gasteiger partial charge in [0.15, 0.2) is 0 Å². The second-order valence-electron chi connectivity index (χ2n) is 6.91. The molecule has 22 heavy (non-hydrogen) atoms. The number of ether oxygens (including phenoxy) is 1. The highest BCUT2D eigenvalue weighted by Crippen LogP contribution is 2.30. The van der Waals surface area contributed by atoms with Gasteiger partial charge in [0.05, 0.1) is 19.0 Å². The zero-order chi connectivity index (χ0) is 16.7. The molecule has 2 rings (SSSR count). The lowest BCUT2D eigenvalue weighted by Gasteiger charge is -2.25. The number of alkyl halides is 2. The molecule has 2 aliphatic rings. The number of halogens is 2. The van der Waals surface area contributed by atoms with Crippen molar-refractivity contribution in [2.45, 2.75) is 44.8 Å². The van der Waals surface area contributed by atoms with E-state index in [-0.39, 0.29) is 13.1 Å². The van der Waals surface area contributed by atoms with Crippen LogP contribution in [0.3, 0.4) is 0 Å². The maximum absolute atomic E-state index is 13.3. The number of rotatable bonds is 1. The standard InChI is InChI=1S/C14H22F2N2O4/c1-13(2,3)22-12(21)17-5-4-9(6-17)11(20)18-7-10(19)14(15,16)8-18/h9-10,19H,4-8H2,1-3H3. The van der Waals surface area contributed by atoms with Gasteiger partial charge >= 0.3 is 6.09 Å². The third kappa shape index (κ3) is 3.66. The number of likely N-dealkylation sites (tertiary alicyclic amines) is 2. The Kier molecular flexibility index (Phi) is 4.34. The summed E-state index contributed by atoms with van der Waals surface area (Å²) in [5.41, 5.74) is -0.625. The predicted molar refractivity (Wildman–Crippen MR) is 73.4 cm³/mol. The zero-order valence-corrected chi connectivity index (χ0v) is 13.0. The van der Waals surface area contributed by atoms with Crippen molar-refractivity contribution in [3.8, 4) is 0 Å². The van der Waals surface area contributed by atoms with Crippen LogP contribution in [0.1, 0.15) is 27.2 Å². The molecule has 6 nitrogen and oxygen atoms in total. The fourth-order valence-corrected chi connectivity index (χ4v) is 2.65. The molecule has 0 radical (unpaired) electrons. The molecule has 2 aliphatic heterocycles. The predicted octanol–water partition coefficient (Wildman–Crippen LogP) is 1.08. The molecular weight excluding hydrogens is 298 g/mol. The van der Waals surface area contributed by atoms with Crippen LogP contribution in [0.2, 0.25) is 0 Å². The largest absolute Gasteiger partial charge is 0.444 e. The summed E-state index contributed by atoms with van der Waals surface area (Å²) in [5, 5.41) is 9.26. The first-order valence-electron chi connectivity index (χ1n) is 7.32. The van der Waals surface area contributed by atoms with E-state index >= 15 is 0 Å². The number of carbonyl (C=O) groups is 2. The van der Waals surface area contributed by atoms with Crippen LogP contribution in [0.15, 0.2) is 0 Å². The summed E-state index contributed by atoms with van der Waals surface area (Å²) in [6, 6.07) is 0. The van der Waals surface area contributed by atoms with Crippen molar-refractivity contribution >= 4 is 12.0 Å². The van der Waals surface area contributed by atoms with E-state index in [1.165, 1.54) is 4.90 Å². The lowest BCUT2D eigenvalue weighted by Crippen LogP contribution is -2.39. The molecule has 2 fully saturated rings. The number of nitrogens with zero attached hydrogens (tertiary/aromatic N) is 2. The molecule has 1 N–H and O–H groups in total. The van der Waals surface area contributed by atoms with E-state index in [1.54, 1.807) is 20.8 Å². The minimum absolute atomic E-state index is 0.159. The average Bonchev–Trinajstić information content (AvgIpc) is 2.92. The Morgan fingerprint density at radius 1 is 1.23 bits per heavy atom. The van der Waals surface area contributed by atoms with Crippen LogP contribution in [0, 0.1) is 5.92 Å². The fourth-order valence-electron chi connectivity index (χ4n) is 2.65. The molecule has 2 unspecified atom stereocenters. The van der Waals surface area contributed by atoms with Crippen LogP contribution < -0.4 is 0 Å². The summed E-state index contributed by atoms with van der Waals surface area (Å²) < 4.78 is 31.8. The number of aliphatic hydroxyl groups is 1. The molecule has 2 amide bonds. The van der Waals surface area contributed by atoms with E-state index in [4.69, 9.17) is 4.74 Å². The third-order valence-electron chi connectivity index (χ3n) is 3.78. The van der Waals surface area contributed by atoms with Gasteiger partial charge in [0.1, 0.15) is 11.7 Å². The number of carbonyl (C=O) groups excluding carboxylic acids is 2. The number of hydrogen-bond acceptors (Lipinski definition) is 4. The summed E-state index contributed by atoms with van der Waals surface area (Å²) >= 11 is 0. The van der Waals surface area contributed by atoms with Gasteiger partial charge in [-0.25, -0.2) is 13.6 Å². The first-order chi connectivity index (χ1) is 9.99. The second kappa shape index (κ2) is 5.64. The minimum atomic E-state index is -3.26. The Labute approximate surface area is 128 Å². The highest BCUT2D eigenvalue weighted by molar-refractivity contribution is 5.81. The van der Waals surface area contributed by atoms with Crippen LogP contribution in [0.5, 0.6) is 0 Å². The zero-order valence-electron chi connectivity index (χ0n) is 13.0. The summed E-state index contributed by atoms with van der Waals surface area (Å²) in [6.45, 7) is 4.63. The van der Waals surface area contributed by atoms with Crippen LogP contribution >= 0.6 is 0 Å². The van der Waals surface area contributed by atoms with E-state index in [9.17, 15) is 23.5 Å². The first kappa shape index (κ1) is 16.9. The minimum Gasteiger partial charge on any atom is -0.444 e. The van der Waals surface area contributed by atoms with Gasteiger partial charge in [0.25, 0.3) is 5.92 Å². The Bertz CT molecular complexity index is 464. The molecule has 2 heterocycles. The van der Waals surface area contributed by atoms with Crippen LogP contribution in [0.4, 0.5) is 13.6 Å². The smallest absolute Gasteiger partial charge is 0.410 e. The van der Waals surface area contributed by atoms with E-state index in [2.05, 4.69) is 0 Å². The number of hydrogen-bond donors (Lipinski definition) is 1. The van der Waals surface area contributed by atoms with Crippen molar-refractivity contribution in [1.82, 2.24) is 9.80 Å². The molecule has 0 spiro atoms. The van der Waals surface area contributed by atoms with Crippen molar-refractivity contribution in [1.29, 1.82) is 0 Å². The topological polar surface area (TPSA) is 70.1 Å². The molecule has 8 heteroatoms. The SMILES string of the molecule is CC(C)(C)OC(=O)N1CCC(C(=O)N2CC(O)C(F)(F)C2)C1. The third-order valence-corrected chi connectivity index (χ3v) is 3.78.